The van der Waals surface area contributed by atoms with Crippen LogP contribution < -0.4 is 4.90 Å². The van der Waals surface area contributed by atoms with Crippen LogP contribution in [0.5, 0.6) is 0 Å². The molecule has 2 aromatic carbocycles. The largest absolute Gasteiger partial charge is 0.378 e. The number of aromatic nitrogens is 5. The number of hydrogen-bond acceptors (Lipinski definition) is 6. The first kappa shape index (κ1) is 20.8. The van der Waals surface area contributed by atoms with Gasteiger partial charge in [0.15, 0.2) is 5.16 Å². The Morgan fingerprint density at radius 3 is 2.53 bits per heavy atom. The second-order valence-corrected chi connectivity index (χ2v) is 8.74. The molecule has 0 bridgehead atoms. The molecule has 1 aliphatic heterocycles. The van der Waals surface area contributed by atoms with Gasteiger partial charge in [-0.1, -0.05) is 59.8 Å². The summed E-state index contributed by atoms with van der Waals surface area (Å²) >= 11 is 1.66. The summed E-state index contributed by atoms with van der Waals surface area (Å²) in [6.45, 7) is 5.95. The van der Waals surface area contributed by atoms with E-state index in [0.29, 0.717) is 19.0 Å². The number of nitrogens with zero attached hydrogens (tertiary/aromatic N) is 6. The summed E-state index contributed by atoms with van der Waals surface area (Å²) in [5.41, 5.74) is 3.55. The smallest absolute Gasteiger partial charge is 0.232 e. The fraction of sp³-hybridized carbons (Fsp3) is 0.292. The fourth-order valence-corrected chi connectivity index (χ4v) is 4.69. The zero-order valence-corrected chi connectivity index (χ0v) is 18.9. The van der Waals surface area contributed by atoms with Crippen LogP contribution in [0.15, 0.2) is 72.1 Å². The summed E-state index contributed by atoms with van der Waals surface area (Å²) in [5.74, 6) is 2.60. The Balaban J connectivity index is 1.40. The van der Waals surface area contributed by atoms with E-state index >= 15 is 0 Å². The zero-order chi connectivity index (χ0) is 21.8. The third kappa shape index (κ3) is 4.56. The molecule has 164 valence electrons. The van der Waals surface area contributed by atoms with Gasteiger partial charge in [0.1, 0.15) is 5.82 Å². The van der Waals surface area contributed by atoms with E-state index in [9.17, 15) is 0 Å². The van der Waals surface area contributed by atoms with E-state index in [1.54, 1.807) is 11.8 Å². The highest BCUT2D eigenvalue weighted by Crippen LogP contribution is 2.29. The molecule has 8 heteroatoms. The minimum Gasteiger partial charge on any atom is -0.378 e. The highest BCUT2D eigenvalue weighted by atomic mass is 32.2. The lowest BCUT2D eigenvalue weighted by atomic mass is 10.2. The second-order valence-electron chi connectivity index (χ2n) is 7.80. The highest BCUT2D eigenvalue weighted by Gasteiger charge is 2.22. The molecule has 0 spiro atoms. The molecule has 0 N–H and O–H groups in total. The van der Waals surface area contributed by atoms with E-state index in [1.165, 1.54) is 11.1 Å². The van der Waals surface area contributed by atoms with Crippen molar-refractivity contribution in [3.63, 3.8) is 0 Å². The number of imidazole rings is 1. The summed E-state index contributed by atoms with van der Waals surface area (Å²) in [6, 6.07) is 19.0. The predicted octanol–water partition coefficient (Wildman–Crippen LogP) is 3.95. The number of morpholine rings is 1. The lowest BCUT2D eigenvalue weighted by Crippen LogP contribution is -2.37. The summed E-state index contributed by atoms with van der Waals surface area (Å²) in [5, 5.41) is 9.99. The molecule has 0 unspecified atom stereocenters. The molecular formula is C24H26N6OS. The van der Waals surface area contributed by atoms with Crippen LogP contribution in [0, 0.1) is 6.92 Å². The zero-order valence-electron chi connectivity index (χ0n) is 18.1. The Morgan fingerprint density at radius 1 is 0.969 bits per heavy atom. The predicted molar refractivity (Wildman–Crippen MR) is 126 cm³/mol. The van der Waals surface area contributed by atoms with Crippen LogP contribution in [-0.4, -0.2) is 50.6 Å². The van der Waals surface area contributed by atoms with E-state index in [4.69, 9.17) is 4.74 Å². The van der Waals surface area contributed by atoms with Crippen LogP contribution in [0.25, 0.3) is 5.69 Å². The summed E-state index contributed by atoms with van der Waals surface area (Å²) in [4.78, 5) is 6.84. The number of anilines is 1. The molecule has 1 fully saturated rings. The second kappa shape index (κ2) is 9.58. The standard InChI is InChI=1S/C24H26N6OS/c1-19-7-9-21(10-8-19)30-23(28-13-15-31-16-14-28)26-27-24(30)32-18-22-25-11-12-29(22)17-20-5-3-2-4-6-20/h2-12H,13-18H2,1H3. The molecule has 1 aliphatic rings. The quantitative estimate of drug-likeness (QED) is 0.401. The van der Waals surface area contributed by atoms with Gasteiger partial charge in [0.2, 0.25) is 5.95 Å². The first-order chi connectivity index (χ1) is 15.8. The Morgan fingerprint density at radius 2 is 1.75 bits per heavy atom. The number of aryl methyl sites for hydroxylation is 1. The van der Waals surface area contributed by atoms with Gasteiger partial charge >= 0.3 is 0 Å². The van der Waals surface area contributed by atoms with Crippen molar-refractivity contribution in [2.75, 3.05) is 31.2 Å². The van der Waals surface area contributed by atoms with E-state index < -0.39 is 0 Å². The number of rotatable bonds is 7. The van der Waals surface area contributed by atoms with Gasteiger partial charge < -0.3 is 14.2 Å². The number of ether oxygens (including phenoxy) is 1. The van der Waals surface area contributed by atoms with Crippen LogP contribution in [0.4, 0.5) is 5.95 Å². The van der Waals surface area contributed by atoms with Gasteiger partial charge in [-0.05, 0) is 24.6 Å². The van der Waals surface area contributed by atoms with Gasteiger partial charge in [-0.3, -0.25) is 4.57 Å². The summed E-state index contributed by atoms with van der Waals surface area (Å²) in [7, 11) is 0. The maximum absolute atomic E-state index is 5.53. The minimum absolute atomic E-state index is 0.708. The van der Waals surface area contributed by atoms with Crippen molar-refractivity contribution >= 4 is 17.7 Å². The van der Waals surface area contributed by atoms with Crippen molar-refractivity contribution in [1.29, 1.82) is 0 Å². The molecule has 2 aromatic heterocycles. The van der Waals surface area contributed by atoms with Crippen molar-refractivity contribution < 1.29 is 4.74 Å². The molecule has 1 saturated heterocycles. The number of hydrogen-bond donors (Lipinski definition) is 0. The molecule has 0 atom stereocenters. The van der Waals surface area contributed by atoms with E-state index in [0.717, 1.165) is 42.3 Å². The van der Waals surface area contributed by atoms with Crippen LogP contribution in [0.3, 0.4) is 0 Å². The lowest BCUT2D eigenvalue weighted by molar-refractivity contribution is 0.122. The molecular weight excluding hydrogens is 420 g/mol. The molecule has 0 saturated carbocycles. The minimum atomic E-state index is 0.708. The van der Waals surface area contributed by atoms with Crippen molar-refractivity contribution in [3.05, 3.63) is 83.9 Å². The van der Waals surface area contributed by atoms with E-state index in [1.807, 2.05) is 18.5 Å². The summed E-state index contributed by atoms with van der Waals surface area (Å²) < 4.78 is 9.88. The Labute approximate surface area is 192 Å². The molecule has 32 heavy (non-hydrogen) atoms. The van der Waals surface area contributed by atoms with Crippen LogP contribution >= 0.6 is 11.8 Å². The summed E-state index contributed by atoms with van der Waals surface area (Å²) in [6.07, 6.45) is 3.90. The van der Waals surface area contributed by atoms with Gasteiger partial charge in [-0.2, -0.15) is 0 Å². The number of benzene rings is 2. The molecule has 7 nitrogen and oxygen atoms in total. The maximum atomic E-state index is 5.53. The van der Waals surface area contributed by atoms with E-state index in [-0.39, 0.29) is 0 Å². The average Bonchev–Trinajstić information content (AvgIpc) is 3.46. The van der Waals surface area contributed by atoms with Crippen molar-refractivity contribution in [3.8, 4) is 5.69 Å². The SMILES string of the molecule is Cc1ccc(-n2c(SCc3nccn3Cc3ccccc3)nnc2N2CCOCC2)cc1. The molecule has 5 rings (SSSR count). The van der Waals surface area contributed by atoms with Gasteiger partial charge in [0, 0.05) is 32.0 Å². The van der Waals surface area contributed by atoms with Crippen molar-refractivity contribution in [2.45, 2.75) is 24.4 Å². The molecule has 0 radical (unpaired) electrons. The molecule has 0 aliphatic carbocycles. The van der Waals surface area contributed by atoms with Crippen molar-refractivity contribution in [1.82, 2.24) is 24.3 Å². The fourth-order valence-electron chi connectivity index (χ4n) is 3.78. The van der Waals surface area contributed by atoms with Crippen LogP contribution in [-0.2, 0) is 17.0 Å². The van der Waals surface area contributed by atoms with Crippen LogP contribution in [0.2, 0.25) is 0 Å². The van der Waals surface area contributed by atoms with Gasteiger partial charge in [0.25, 0.3) is 0 Å². The lowest BCUT2D eigenvalue weighted by Gasteiger charge is -2.28. The Kier molecular flexibility index (Phi) is 6.22. The van der Waals surface area contributed by atoms with E-state index in [2.05, 4.69) is 84.7 Å². The van der Waals surface area contributed by atoms with Crippen molar-refractivity contribution in [2.24, 2.45) is 0 Å². The van der Waals surface area contributed by atoms with Crippen LogP contribution in [0.1, 0.15) is 17.0 Å². The maximum Gasteiger partial charge on any atom is 0.232 e. The first-order valence-electron chi connectivity index (χ1n) is 10.8. The monoisotopic (exact) mass is 446 g/mol. The normalized spacial score (nSPS) is 14.1. The first-order valence-corrected chi connectivity index (χ1v) is 11.8. The Bertz CT molecular complexity index is 1150. The average molecular weight is 447 g/mol. The molecule has 4 aromatic rings. The Hall–Kier alpha value is -3.10. The third-order valence-electron chi connectivity index (χ3n) is 5.53. The van der Waals surface area contributed by atoms with Gasteiger partial charge in [-0.25, -0.2) is 4.98 Å². The van der Waals surface area contributed by atoms with Gasteiger partial charge in [-0.15, -0.1) is 10.2 Å². The number of thioether (sulfide) groups is 1. The highest BCUT2D eigenvalue weighted by molar-refractivity contribution is 7.98. The van der Waals surface area contributed by atoms with Gasteiger partial charge in [0.05, 0.1) is 24.7 Å². The topological polar surface area (TPSA) is 61.0 Å². The molecule has 3 heterocycles. The molecule has 0 amide bonds. The third-order valence-corrected chi connectivity index (χ3v) is 6.46.